The molecule has 0 aliphatic carbocycles. The van der Waals surface area contributed by atoms with Gasteiger partial charge in [-0.15, -0.1) is 0 Å². The molecule has 42 heavy (non-hydrogen) atoms. The van der Waals surface area contributed by atoms with Crippen LogP contribution in [0.15, 0.2) is 0 Å². The zero-order valence-corrected chi connectivity index (χ0v) is 28.3. The van der Waals surface area contributed by atoms with Crippen LogP contribution in [0.5, 0.6) is 0 Å². The number of aliphatic hydroxyl groups is 2. The lowest BCUT2D eigenvalue weighted by molar-refractivity contribution is -0.180. The molecule has 0 bridgehead atoms. The maximum Gasteiger partial charge on any atom is 0.186 e. The maximum absolute atomic E-state index is 10.6. The van der Waals surface area contributed by atoms with E-state index in [4.69, 9.17) is 14.2 Å². The van der Waals surface area contributed by atoms with Crippen LogP contribution in [0.1, 0.15) is 194 Å². The highest BCUT2D eigenvalue weighted by molar-refractivity contribution is 4.87. The third-order valence-corrected chi connectivity index (χ3v) is 9.06. The Labute approximate surface area is 262 Å². The molecule has 0 amide bonds. The molecule has 0 spiro atoms. The fraction of sp³-hybridized carbons (Fsp3) is 1.00. The summed E-state index contributed by atoms with van der Waals surface area (Å²) in [6, 6.07) is 0. The zero-order chi connectivity index (χ0) is 30.4. The van der Waals surface area contributed by atoms with Crippen molar-refractivity contribution >= 4 is 0 Å². The van der Waals surface area contributed by atoms with E-state index >= 15 is 0 Å². The highest BCUT2D eigenvalue weighted by Gasteiger charge is 2.44. The number of unbranched alkanes of at least 4 members (excludes halogenated alkanes) is 26. The van der Waals surface area contributed by atoms with Gasteiger partial charge in [0.05, 0.1) is 6.61 Å². The molecule has 1 rings (SSSR count). The van der Waals surface area contributed by atoms with E-state index in [0.29, 0.717) is 13.2 Å². The molecule has 0 saturated carbocycles. The number of ether oxygens (including phenoxy) is 3. The summed E-state index contributed by atoms with van der Waals surface area (Å²) in [6.07, 6.45) is 34.8. The van der Waals surface area contributed by atoms with Crippen LogP contribution in [0.3, 0.4) is 0 Å². The molecule has 1 saturated heterocycles. The highest BCUT2D eigenvalue weighted by atomic mass is 16.7. The Morgan fingerprint density at radius 1 is 0.452 bits per heavy atom. The van der Waals surface area contributed by atoms with Gasteiger partial charge in [0, 0.05) is 13.2 Å². The summed E-state index contributed by atoms with van der Waals surface area (Å²) in [4.78, 5) is 0. The maximum atomic E-state index is 10.6. The van der Waals surface area contributed by atoms with Crippen molar-refractivity contribution < 1.29 is 24.4 Å². The summed E-state index contributed by atoms with van der Waals surface area (Å²) in [5, 5.41) is 20.2. The SMILES string of the molecule is CCCCCCCCCCCCCCCCOC1OC(CO)C(O)C1OCCCCCCCCCCCCCCCC. The van der Waals surface area contributed by atoms with Gasteiger partial charge in [0.1, 0.15) is 18.3 Å². The van der Waals surface area contributed by atoms with Gasteiger partial charge in [0.15, 0.2) is 6.29 Å². The standard InChI is InChI=1S/C37H74O5/c1-3-5-7-9-11-13-15-17-19-21-23-25-27-29-31-40-36-35(39)34(33-38)42-37(36)41-32-30-28-26-24-22-20-18-16-14-12-10-8-6-4-2/h34-39H,3-33H2,1-2H3. The average molecular weight is 599 g/mol. The Balaban J connectivity index is 1.97. The predicted octanol–water partition coefficient (Wildman–Crippen LogP) is 10.4. The summed E-state index contributed by atoms with van der Waals surface area (Å²) in [7, 11) is 0. The fourth-order valence-electron chi connectivity index (χ4n) is 6.18. The van der Waals surface area contributed by atoms with Gasteiger partial charge in [0.2, 0.25) is 0 Å². The molecule has 0 radical (unpaired) electrons. The first-order chi connectivity index (χ1) is 20.7. The lowest BCUT2D eigenvalue weighted by atomic mass is 10.0. The van der Waals surface area contributed by atoms with Crippen LogP contribution in [-0.2, 0) is 14.2 Å². The number of hydrogen-bond donors (Lipinski definition) is 2. The quantitative estimate of drug-likeness (QED) is 0.0736. The molecule has 1 aliphatic heterocycles. The van der Waals surface area contributed by atoms with Crippen molar-refractivity contribution in [1.29, 1.82) is 0 Å². The van der Waals surface area contributed by atoms with Gasteiger partial charge in [-0.3, -0.25) is 0 Å². The minimum Gasteiger partial charge on any atom is -0.394 e. The first-order valence-corrected chi connectivity index (χ1v) is 18.9. The van der Waals surface area contributed by atoms with E-state index in [0.717, 1.165) is 19.3 Å². The van der Waals surface area contributed by atoms with Gasteiger partial charge in [-0.05, 0) is 12.8 Å². The molecule has 1 heterocycles. The topological polar surface area (TPSA) is 68.2 Å². The highest BCUT2D eigenvalue weighted by Crippen LogP contribution is 2.26. The van der Waals surface area contributed by atoms with Gasteiger partial charge in [0.25, 0.3) is 0 Å². The molecular weight excluding hydrogens is 524 g/mol. The number of rotatable bonds is 33. The second-order valence-electron chi connectivity index (χ2n) is 13.1. The van der Waals surface area contributed by atoms with Crippen LogP contribution in [0.2, 0.25) is 0 Å². The molecule has 1 aliphatic rings. The van der Waals surface area contributed by atoms with Crippen LogP contribution in [0.25, 0.3) is 0 Å². The van der Waals surface area contributed by atoms with Crippen LogP contribution in [0.4, 0.5) is 0 Å². The third-order valence-electron chi connectivity index (χ3n) is 9.06. The molecule has 2 N–H and O–H groups in total. The van der Waals surface area contributed by atoms with E-state index in [1.165, 1.54) is 161 Å². The summed E-state index contributed by atoms with van der Waals surface area (Å²) >= 11 is 0. The Morgan fingerprint density at radius 2 is 0.762 bits per heavy atom. The monoisotopic (exact) mass is 599 g/mol. The molecule has 5 nitrogen and oxygen atoms in total. The predicted molar refractivity (Wildman–Crippen MR) is 178 cm³/mol. The molecule has 4 unspecified atom stereocenters. The number of aliphatic hydroxyl groups excluding tert-OH is 2. The van der Waals surface area contributed by atoms with Crippen LogP contribution in [0, 0.1) is 0 Å². The Morgan fingerprint density at radius 3 is 1.10 bits per heavy atom. The second-order valence-corrected chi connectivity index (χ2v) is 13.1. The van der Waals surface area contributed by atoms with Crippen molar-refractivity contribution in [1.82, 2.24) is 0 Å². The molecule has 0 aromatic rings. The molecule has 0 aromatic carbocycles. The Hall–Kier alpha value is -0.200. The van der Waals surface area contributed by atoms with Crippen molar-refractivity contribution in [3.05, 3.63) is 0 Å². The Kier molecular flexibility index (Phi) is 29.2. The van der Waals surface area contributed by atoms with E-state index in [-0.39, 0.29) is 6.61 Å². The summed E-state index contributed by atoms with van der Waals surface area (Å²) in [5.41, 5.74) is 0. The number of hydrogen-bond acceptors (Lipinski definition) is 5. The van der Waals surface area contributed by atoms with Crippen LogP contribution in [-0.4, -0.2) is 54.6 Å². The molecule has 252 valence electrons. The van der Waals surface area contributed by atoms with E-state index in [2.05, 4.69) is 13.8 Å². The van der Waals surface area contributed by atoms with Gasteiger partial charge < -0.3 is 24.4 Å². The lowest BCUT2D eigenvalue weighted by Crippen LogP contribution is -2.37. The third kappa shape index (κ3) is 22.3. The van der Waals surface area contributed by atoms with Gasteiger partial charge >= 0.3 is 0 Å². The van der Waals surface area contributed by atoms with Crippen LogP contribution >= 0.6 is 0 Å². The molecular formula is C37H74O5. The summed E-state index contributed by atoms with van der Waals surface area (Å²) in [5.74, 6) is 0. The smallest absolute Gasteiger partial charge is 0.186 e. The van der Waals surface area contributed by atoms with Crippen LogP contribution < -0.4 is 0 Å². The second kappa shape index (κ2) is 30.8. The van der Waals surface area contributed by atoms with Gasteiger partial charge in [-0.2, -0.15) is 0 Å². The summed E-state index contributed by atoms with van der Waals surface area (Å²) < 4.78 is 17.8. The molecule has 5 heteroatoms. The van der Waals surface area contributed by atoms with Crippen molar-refractivity contribution in [3.8, 4) is 0 Å². The average Bonchev–Trinajstić information content (AvgIpc) is 3.30. The normalized spacial score (nSPS) is 20.6. The minimum atomic E-state index is -0.831. The first kappa shape index (κ1) is 39.8. The molecule has 4 atom stereocenters. The minimum absolute atomic E-state index is 0.210. The van der Waals surface area contributed by atoms with Crippen molar-refractivity contribution in [2.45, 2.75) is 218 Å². The molecule has 1 fully saturated rings. The van der Waals surface area contributed by atoms with Crippen molar-refractivity contribution in [2.75, 3.05) is 19.8 Å². The zero-order valence-electron chi connectivity index (χ0n) is 28.3. The van der Waals surface area contributed by atoms with E-state index in [9.17, 15) is 10.2 Å². The van der Waals surface area contributed by atoms with Crippen molar-refractivity contribution in [2.24, 2.45) is 0 Å². The first-order valence-electron chi connectivity index (χ1n) is 18.9. The Bertz CT molecular complexity index is 530. The van der Waals surface area contributed by atoms with Crippen molar-refractivity contribution in [3.63, 3.8) is 0 Å². The van der Waals surface area contributed by atoms with E-state index in [1.807, 2.05) is 0 Å². The fourth-order valence-corrected chi connectivity index (χ4v) is 6.18. The summed E-state index contributed by atoms with van der Waals surface area (Å²) in [6.45, 7) is 5.58. The van der Waals surface area contributed by atoms with Gasteiger partial charge in [-0.1, -0.05) is 181 Å². The lowest BCUT2D eigenvalue weighted by Gasteiger charge is -2.21. The van der Waals surface area contributed by atoms with E-state index < -0.39 is 24.6 Å². The van der Waals surface area contributed by atoms with E-state index in [1.54, 1.807) is 0 Å². The largest absolute Gasteiger partial charge is 0.394 e. The van der Waals surface area contributed by atoms with Gasteiger partial charge in [-0.25, -0.2) is 0 Å². The molecule has 0 aromatic heterocycles.